The predicted molar refractivity (Wildman–Crippen MR) is 122 cm³/mol. The summed E-state index contributed by atoms with van der Waals surface area (Å²) in [5.74, 6) is 0.787. The molecule has 0 saturated heterocycles. The van der Waals surface area contributed by atoms with Gasteiger partial charge in [-0.25, -0.2) is 0 Å². The minimum atomic E-state index is -0.565. The number of aliphatic imine (C=N–C) groups is 1. The van der Waals surface area contributed by atoms with Crippen LogP contribution in [0.1, 0.15) is 50.0 Å². The molecule has 0 spiro atoms. The Balaban J connectivity index is 1.72. The van der Waals surface area contributed by atoms with Crippen LogP contribution in [0.3, 0.4) is 0 Å². The predicted octanol–water partition coefficient (Wildman–Crippen LogP) is 4.00. The summed E-state index contributed by atoms with van der Waals surface area (Å²) < 4.78 is 1.20. The fraction of sp³-hybridized carbons (Fsp3) is 0.591. The molecule has 2 rings (SSSR count). The smallest absolute Gasteiger partial charge is 0.191 e. The van der Waals surface area contributed by atoms with Crippen LogP contribution >= 0.6 is 11.3 Å². The summed E-state index contributed by atoms with van der Waals surface area (Å²) in [5.41, 5.74) is 0. The number of hydrogen-bond acceptors (Lipinski definition) is 4. The van der Waals surface area contributed by atoms with E-state index >= 15 is 0 Å². The Labute approximate surface area is 173 Å². The van der Waals surface area contributed by atoms with Crippen molar-refractivity contribution in [3.05, 3.63) is 35.2 Å². The summed E-state index contributed by atoms with van der Waals surface area (Å²) in [5, 5.41) is 18.3. The molecule has 1 atom stereocenters. The highest BCUT2D eigenvalue weighted by atomic mass is 32.1. The molecule has 0 aliphatic rings. The fourth-order valence-corrected chi connectivity index (χ4v) is 4.11. The minimum Gasteiger partial charge on any atom is -0.386 e. The van der Waals surface area contributed by atoms with E-state index in [2.05, 4.69) is 59.7 Å². The van der Waals surface area contributed by atoms with Crippen molar-refractivity contribution in [2.24, 2.45) is 4.99 Å². The number of aliphatic hydroxyl groups excluding tert-OH is 1. The summed E-state index contributed by atoms with van der Waals surface area (Å²) in [7, 11) is 4.26. The van der Waals surface area contributed by atoms with E-state index in [1.807, 2.05) is 12.1 Å². The van der Waals surface area contributed by atoms with E-state index in [0.717, 1.165) is 30.3 Å². The van der Waals surface area contributed by atoms with Crippen molar-refractivity contribution in [3.63, 3.8) is 0 Å². The molecule has 2 aromatic rings. The lowest BCUT2D eigenvalue weighted by Crippen LogP contribution is -2.38. The van der Waals surface area contributed by atoms with Crippen LogP contribution in [0.25, 0.3) is 10.1 Å². The van der Waals surface area contributed by atoms with Gasteiger partial charge in [0.2, 0.25) is 0 Å². The van der Waals surface area contributed by atoms with Crippen LogP contribution in [0.15, 0.2) is 35.3 Å². The third kappa shape index (κ3) is 8.17. The quantitative estimate of drug-likeness (QED) is 0.284. The topological polar surface area (TPSA) is 59.9 Å². The zero-order chi connectivity index (χ0) is 20.2. The lowest BCUT2D eigenvalue weighted by atomic mass is 10.1. The summed E-state index contributed by atoms with van der Waals surface area (Å²) >= 11 is 1.64. The lowest BCUT2D eigenvalue weighted by Gasteiger charge is -2.13. The Bertz CT molecular complexity index is 680. The van der Waals surface area contributed by atoms with Crippen LogP contribution in [0.5, 0.6) is 0 Å². The van der Waals surface area contributed by atoms with Crippen molar-refractivity contribution >= 4 is 27.4 Å². The molecule has 0 amide bonds. The van der Waals surface area contributed by atoms with Gasteiger partial charge >= 0.3 is 0 Å². The number of hydrogen-bond donors (Lipinski definition) is 3. The molecule has 0 aliphatic heterocycles. The second kappa shape index (κ2) is 12.8. The highest BCUT2D eigenvalue weighted by molar-refractivity contribution is 7.19. The summed E-state index contributed by atoms with van der Waals surface area (Å²) in [6.07, 6.45) is 5.68. The number of nitrogens with zero attached hydrogens (tertiary/aromatic N) is 2. The zero-order valence-electron chi connectivity index (χ0n) is 17.6. The zero-order valence-corrected chi connectivity index (χ0v) is 18.4. The van der Waals surface area contributed by atoms with E-state index in [1.54, 1.807) is 11.3 Å². The summed E-state index contributed by atoms with van der Waals surface area (Å²) in [4.78, 5) is 7.79. The van der Waals surface area contributed by atoms with Gasteiger partial charge in [-0.15, -0.1) is 11.3 Å². The standard InChI is InChI=1S/C22H36N4OS/c1-4-23-22(24-14-10-6-5-7-11-15-26(2)3)25-17-19(27)21-16-18-12-8-9-13-20(18)28-21/h8-9,12-13,16,19,27H,4-7,10-11,14-15,17H2,1-3H3,(H2,23,24,25). The van der Waals surface area contributed by atoms with E-state index in [1.165, 1.54) is 42.3 Å². The molecule has 0 radical (unpaired) electrons. The van der Waals surface area contributed by atoms with Crippen molar-refractivity contribution in [2.75, 3.05) is 40.3 Å². The second-order valence-electron chi connectivity index (χ2n) is 7.42. The molecule has 0 fully saturated rings. The Morgan fingerprint density at radius 1 is 1.11 bits per heavy atom. The van der Waals surface area contributed by atoms with Gasteiger partial charge in [-0.1, -0.05) is 37.5 Å². The van der Waals surface area contributed by atoms with Gasteiger partial charge in [-0.05, 0) is 57.9 Å². The number of guanidine groups is 1. The van der Waals surface area contributed by atoms with Crippen LogP contribution in [-0.2, 0) is 0 Å². The van der Waals surface area contributed by atoms with Crippen LogP contribution in [0.4, 0.5) is 0 Å². The maximum atomic E-state index is 10.5. The molecule has 3 N–H and O–H groups in total. The molecule has 1 unspecified atom stereocenters. The summed E-state index contributed by atoms with van der Waals surface area (Å²) in [6, 6.07) is 10.3. The van der Waals surface area contributed by atoms with Crippen molar-refractivity contribution in [2.45, 2.75) is 45.1 Å². The largest absolute Gasteiger partial charge is 0.386 e. The fourth-order valence-electron chi connectivity index (χ4n) is 3.07. The molecule has 0 saturated carbocycles. The molecule has 1 aromatic carbocycles. The van der Waals surface area contributed by atoms with Crippen molar-refractivity contribution in [1.82, 2.24) is 15.5 Å². The molecule has 0 aliphatic carbocycles. The lowest BCUT2D eigenvalue weighted by molar-refractivity contribution is 0.191. The molecule has 5 nitrogen and oxygen atoms in total. The molecular weight excluding hydrogens is 368 g/mol. The van der Waals surface area contributed by atoms with E-state index in [9.17, 15) is 5.11 Å². The van der Waals surface area contributed by atoms with Gasteiger partial charge in [0, 0.05) is 22.7 Å². The maximum absolute atomic E-state index is 10.5. The number of thiophene rings is 1. The molecule has 1 heterocycles. The molecule has 0 bridgehead atoms. The highest BCUT2D eigenvalue weighted by Crippen LogP contribution is 2.29. The second-order valence-corrected chi connectivity index (χ2v) is 8.54. The van der Waals surface area contributed by atoms with Crippen LogP contribution in [-0.4, -0.2) is 56.2 Å². The Morgan fingerprint density at radius 2 is 1.86 bits per heavy atom. The normalized spacial score (nSPS) is 13.2. The number of benzene rings is 1. The number of fused-ring (bicyclic) bond motifs is 1. The Hall–Kier alpha value is -1.63. The first kappa shape index (κ1) is 22.7. The van der Waals surface area contributed by atoms with Gasteiger partial charge in [0.15, 0.2) is 5.96 Å². The number of unbranched alkanes of at least 4 members (excludes halogenated alkanes) is 4. The minimum absolute atomic E-state index is 0.368. The average Bonchev–Trinajstić information content (AvgIpc) is 3.12. The molecular formula is C22H36N4OS. The number of rotatable bonds is 12. The average molecular weight is 405 g/mol. The Kier molecular flexibility index (Phi) is 10.3. The van der Waals surface area contributed by atoms with Gasteiger partial charge in [0.25, 0.3) is 0 Å². The number of nitrogens with one attached hydrogen (secondary N) is 2. The highest BCUT2D eigenvalue weighted by Gasteiger charge is 2.11. The van der Waals surface area contributed by atoms with E-state index < -0.39 is 6.10 Å². The van der Waals surface area contributed by atoms with E-state index in [0.29, 0.717) is 6.54 Å². The van der Waals surface area contributed by atoms with Gasteiger partial charge in [0.05, 0.1) is 6.54 Å². The van der Waals surface area contributed by atoms with Gasteiger partial charge < -0.3 is 20.6 Å². The first-order valence-electron chi connectivity index (χ1n) is 10.4. The van der Waals surface area contributed by atoms with Crippen molar-refractivity contribution in [1.29, 1.82) is 0 Å². The molecule has 1 aromatic heterocycles. The third-order valence-corrected chi connectivity index (χ3v) is 5.83. The SMILES string of the molecule is CCNC(=NCC(O)c1cc2ccccc2s1)NCCCCCCCN(C)C. The maximum Gasteiger partial charge on any atom is 0.191 e. The first-order chi connectivity index (χ1) is 13.6. The third-order valence-electron chi connectivity index (χ3n) is 4.61. The monoisotopic (exact) mass is 404 g/mol. The Morgan fingerprint density at radius 3 is 2.61 bits per heavy atom. The summed E-state index contributed by atoms with van der Waals surface area (Å²) in [6.45, 7) is 5.34. The number of aliphatic hydroxyl groups is 1. The first-order valence-corrected chi connectivity index (χ1v) is 11.2. The van der Waals surface area contributed by atoms with Gasteiger partial charge in [-0.3, -0.25) is 4.99 Å². The van der Waals surface area contributed by atoms with Crippen LogP contribution in [0, 0.1) is 0 Å². The van der Waals surface area contributed by atoms with Gasteiger partial charge in [0.1, 0.15) is 6.10 Å². The van der Waals surface area contributed by atoms with Crippen molar-refractivity contribution in [3.8, 4) is 0 Å². The van der Waals surface area contributed by atoms with Crippen molar-refractivity contribution < 1.29 is 5.11 Å². The molecule has 156 valence electrons. The van der Waals surface area contributed by atoms with E-state index in [-0.39, 0.29) is 0 Å². The van der Waals surface area contributed by atoms with Crippen LogP contribution < -0.4 is 10.6 Å². The van der Waals surface area contributed by atoms with E-state index in [4.69, 9.17) is 0 Å². The van der Waals surface area contributed by atoms with Crippen LogP contribution in [0.2, 0.25) is 0 Å². The molecule has 6 heteroatoms. The molecule has 28 heavy (non-hydrogen) atoms. The van der Waals surface area contributed by atoms with Gasteiger partial charge in [-0.2, -0.15) is 0 Å².